The summed E-state index contributed by atoms with van der Waals surface area (Å²) in [6.07, 6.45) is 7.52. The summed E-state index contributed by atoms with van der Waals surface area (Å²) in [6, 6.07) is 10.6. The molecular formula is C29H37N3O2. The van der Waals surface area contributed by atoms with E-state index in [1.54, 1.807) is 13.8 Å². The highest BCUT2D eigenvalue weighted by atomic mass is 16.1. The van der Waals surface area contributed by atoms with Crippen molar-refractivity contribution in [2.75, 3.05) is 6.54 Å². The molecule has 1 aromatic heterocycles. The average Bonchev–Trinajstić information content (AvgIpc) is 2.80. The van der Waals surface area contributed by atoms with E-state index in [9.17, 15) is 9.59 Å². The van der Waals surface area contributed by atoms with Crippen LogP contribution in [-0.2, 0) is 22.4 Å². The van der Waals surface area contributed by atoms with Gasteiger partial charge in [0.25, 0.3) is 0 Å². The Bertz CT molecular complexity index is 1170. The molecule has 0 aliphatic carbocycles. The minimum atomic E-state index is 0.0136. The molecule has 0 saturated heterocycles. The van der Waals surface area contributed by atoms with Gasteiger partial charge in [0.2, 0.25) is 5.91 Å². The third-order valence-electron chi connectivity index (χ3n) is 6.48. The number of Topliss-reactive ketones (excluding diaryl/α,β-unsaturated/α-hetero) is 1. The normalized spacial score (nSPS) is 12.0. The van der Waals surface area contributed by atoms with Crippen LogP contribution in [0.1, 0.15) is 81.5 Å². The Labute approximate surface area is 203 Å². The molecule has 1 amide bonds. The van der Waals surface area contributed by atoms with Crippen molar-refractivity contribution < 1.29 is 9.59 Å². The van der Waals surface area contributed by atoms with Crippen LogP contribution in [0.4, 0.5) is 0 Å². The van der Waals surface area contributed by atoms with Crippen LogP contribution in [0.2, 0.25) is 0 Å². The molecule has 180 valence electrons. The van der Waals surface area contributed by atoms with Crippen LogP contribution in [0.25, 0.3) is 22.3 Å². The van der Waals surface area contributed by atoms with Gasteiger partial charge in [-0.1, -0.05) is 32.4 Å². The lowest BCUT2D eigenvalue weighted by Crippen LogP contribution is -2.22. The first-order valence-electron chi connectivity index (χ1n) is 12.5. The van der Waals surface area contributed by atoms with Crippen LogP contribution >= 0.6 is 0 Å². The van der Waals surface area contributed by atoms with Gasteiger partial charge in [0.1, 0.15) is 5.78 Å². The number of hydrogen-bond donors (Lipinski definition) is 1. The fourth-order valence-corrected chi connectivity index (χ4v) is 4.55. The van der Waals surface area contributed by atoms with Crippen LogP contribution in [0.3, 0.4) is 0 Å². The number of nitrogens with zero attached hydrogens (tertiary/aromatic N) is 2. The zero-order valence-electron chi connectivity index (χ0n) is 21.2. The highest BCUT2D eigenvalue weighted by Crippen LogP contribution is 2.31. The number of unbranched alkanes of at least 4 members (excludes halogenated alkanes) is 1. The molecule has 0 bridgehead atoms. The van der Waals surface area contributed by atoms with E-state index in [4.69, 9.17) is 9.97 Å². The van der Waals surface area contributed by atoms with Crippen molar-refractivity contribution in [3.05, 3.63) is 58.8 Å². The molecular weight excluding hydrogens is 422 g/mol. The first-order chi connectivity index (χ1) is 16.3. The maximum absolute atomic E-state index is 11.5. The smallest absolute Gasteiger partial charge is 0.216 e. The summed E-state index contributed by atoms with van der Waals surface area (Å²) in [6.45, 7) is 10.3. The number of nitrogens with one attached hydrogen (secondary N) is 1. The number of ketones is 1. The minimum Gasteiger partial charge on any atom is -0.356 e. The highest BCUT2D eigenvalue weighted by molar-refractivity contribution is 5.80. The number of hydrogen-bond acceptors (Lipinski definition) is 4. The Morgan fingerprint density at radius 2 is 1.82 bits per heavy atom. The Hall–Kier alpha value is -3.08. The summed E-state index contributed by atoms with van der Waals surface area (Å²) < 4.78 is 0. The lowest BCUT2D eigenvalue weighted by Gasteiger charge is -2.20. The van der Waals surface area contributed by atoms with Crippen LogP contribution in [-0.4, -0.2) is 28.2 Å². The summed E-state index contributed by atoms with van der Waals surface area (Å²) in [4.78, 5) is 32.6. The van der Waals surface area contributed by atoms with Crippen LogP contribution in [0.15, 0.2) is 36.5 Å². The summed E-state index contributed by atoms with van der Waals surface area (Å²) in [5, 5.41) is 2.94. The molecule has 3 aromatic rings. The van der Waals surface area contributed by atoms with Gasteiger partial charge in [-0.25, -0.2) is 4.98 Å². The Morgan fingerprint density at radius 1 is 1.03 bits per heavy atom. The fraction of sp³-hybridized carbons (Fsp3) is 0.448. The zero-order valence-corrected chi connectivity index (χ0v) is 21.2. The SMILES string of the molecule is CCCCc1cc2ncc(-c3ccc(CC(C)=O)c(C)c3)nc2cc1C(CC)CCNC(C)=O. The fourth-order valence-electron chi connectivity index (χ4n) is 4.55. The molecule has 5 nitrogen and oxygen atoms in total. The second-order valence-corrected chi connectivity index (χ2v) is 9.30. The van der Waals surface area contributed by atoms with Gasteiger partial charge in [-0.3, -0.25) is 14.6 Å². The van der Waals surface area contributed by atoms with Crippen molar-refractivity contribution >= 4 is 22.7 Å². The molecule has 3 rings (SSSR count). The van der Waals surface area contributed by atoms with Gasteiger partial charge >= 0.3 is 0 Å². The Morgan fingerprint density at radius 3 is 2.47 bits per heavy atom. The quantitative estimate of drug-likeness (QED) is 0.376. The number of aryl methyl sites for hydroxylation is 2. The molecule has 0 radical (unpaired) electrons. The van der Waals surface area contributed by atoms with Crippen molar-refractivity contribution in [1.82, 2.24) is 15.3 Å². The molecule has 0 spiro atoms. The first-order valence-corrected chi connectivity index (χ1v) is 12.5. The third-order valence-corrected chi connectivity index (χ3v) is 6.48. The summed E-state index contributed by atoms with van der Waals surface area (Å²) >= 11 is 0. The zero-order chi connectivity index (χ0) is 24.7. The van der Waals surface area contributed by atoms with Gasteiger partial charge < -0.3 is 5.32 Å². The van der Waals surface area contributed by atoms with Crippen molar-refractivity contribution in [3.8, 4) is 11.3 Å². The standard InChI is InChI=1S/C29H37N3O2/c1-6-8-9-24-16-27-28(17-26(24)22(7-2)12-13-30-21(5)34)32-29(18-31-27)25-11-10-23(15-20(4)33)19(3)14-25/h10-11,14,16-18,22H,6-9,12-13,15H2,1-5H3,(H,30,34). The van der Waals surface area contributed by atoms with Gasteiger partial charge in [-0.15, -0.1) is 0 Å². The molecule has 0 fully saturated rings. The molecule has 0 aliphatic rings. The molecule has 1 unspecified atom stereocenters. The van der Waals surface area contributed by atoms with Gasteiger partial charge in [-0.2, -0.15) is 0 Å². The minimum absolute atomic E-state index is 0.0136. The van der Waals surface area contributed by atoms with E-state index >= 15 is 0 Å². The van der Waals surface area contributed by atoms with Crippen molar-refractivity contribution in [2.24, 2.45) is 0 Å². The number of fused-ring (bicyclic) bond motifs is 1. The largest absolute Gasteiger partial charge is 0.356 e. The molecule has 1 N–H and O–H groups in total. The summed E-state index contributed by atoms with van der Waals surface area (Å²) in [5.74, 6) is 0.540. The van der Waals surface area contributed by atoms with E-state index in [1.807, 2.05) is 25.3 Å². The van der Waals surface area contributed by atoms with Crippen LogP contribution in [0, 0.1) is 6.92 Å². The van der Waals surface area contributed by atoms with Gasteiger partial charge in [0.15, 0.2) is 0 Å². The molecule has 5 heteroatoms. The lowest BCUT2D eigenvalue weighted by molar-refractivity contribution is -0.119. The third kappa shape index (κ3) is 6.49. The van der Waals surface area contributed by atoms with E-state index in [2.05, 4.69) is 37.4 Å². The topological polar surface area (TPSA) is 72.0 Å². The lowest BCUT2D eigenvalue weighted by atomic mass is 9.87. The Balaban J connectivity index is 2.00. The summed E-state index contributed by atoms with van der Waals surface area (Å²) in [5.41, 5.74) is 8.48. The number of carbonyl (C=O) groups excluding carboxylic acids is 2. The molecule has 0 saturated carbocycles. The average molecular weight is 460 g/mol. The van der Waals surface area contributed by atoms with E-state index < -0.39 is 0 Å². The van der Waals surface area contributed by atoms with Crippen LogP contribution in [0.5, 0.6) is 0 Å². The molecule has 34 heavy (non-hydrogen) atoms. The van der Waals surface area contributed by atoms with Gasteiger partial charge in [-0.05, 0) is 85.9 Å². The Kier molecular flexibility index (Phi) is 8.91. The molecule has 2 aromatic carbocycles. The monoisotopic (exact) mass is 459 g/mol. The maximum atomic E-state index is 11.5. The van der Waals surface area contributed by atoms with Gasteiger partial charge in [0.05, 0.1) is 22.9 Å². The highest BCUT2D eigenvalue weighted by Gasteiger charge is 2.17. The summed E-state index contributed by atoms with van der Waals surface area (Å²) in [7, 11) is 0. The van der Waals surface area contributed by atoms with Crippen molar-refractivity contribution in [2.45, 2.75) is 79.1 Å². The predicted octanol–water partition coefficient (Wildman–Crippen LogP) is 6.10. The maximum Gasteiger partial charge on any atom is 0.216 e. The number of benzene rings is 2. The number of aromatic nitrogens is 2. The van der Waals surface area contributed by atoms with Crippen LogP contribution < -0.4 is 5.32 Å². The second kappa shape index (κ2) is 11.9. The molecule has 1 heterocycles. The molecule has 0 aliphatic heterocycles. The second-order valence-electron chi connectivity index (χ2n) is 9.30. The number of carbonyl (C=O) groups is 2. The van der Waals surface area contributed by atoms with E-state index in [0.717, 1.165) is 65.5 Å². The molecule has 1 atom stereocenters. The predicted molar refractivity (Wildman–Crippen MR) is 139 cm³/mol. The van der Waals surface area contributed by atoms with E-state index in [-0.39, 0.29) is 11.7 Å². The first kappa shape index (κ1) is 25.5. The van der Waals surface area contributed by atoms with Gasteiger partial charge in [0, 0.05) is 25.5 Å². The van der Waals surface area contributed by atoms with E-state index in [1.165, 1.54) is 11.1 Å². The van der Waals surface area contributed by atoms with Crippen molar-refractivity contribution in [1.29, 1.82) is 0 Å². The van der Waals surface area contributed by atoms with Crippen molar-refractivity contribution in [3.63, 3.8) is 0 Å². The number of amides is 1. The van der Waals surface area contributed by atoms with E-state index in [0.29, 0.717) is 18.9 Å². The number of rotatable bonds is 11.